The molecule has 0 radical (unpaired) electrons. The average molecular weight is 445 g/mol. The third kappa shape index (κ3) is 4.82. The van der Waals surface area contributed by atoms with E-state index >= 15 is 0 Å². The molecule has 3 rings (SSSR count). The zero-order valence-corrected chi connectivity index (χ0v) is 17.9. The number of aliphatic hydroxyl groups excluding tert-OH is 1. The molecule has 3 aromatic rings. The molecule has 31 heavy (non-hydrogen) atoms. The molecule has 164 valence electrons. The van der Waals surface area contributed by atoms with Gasteiger partial charge in [-0.1, -0.05) is 12.1 Å². The molecule has 1 aromatic heterocycles. The van der Waals surface area contributed by atoms with Gasteiger partial charge in [0.25, 0.3) is 5.91 Å². The molecule has 0 aliphatic rings. The number of methoxy groups -OCH3 is 1. The first-order chi connectivity index (χ1) is 15.0. The van der Waals surface area contributed by atoms with Crippen molar-refractivity contribution < 1.29 is 19.4 Å². The van der Waals surface area contributed by atoms with Crippen molar-refractivity contribution in [2.45, 2.75) is 19.6 Å². The predicted octanol–water partition coefficient (Wildman–Crippen LogP) is 3.04. The Balaban J connectivity index is 2.17. The summed E-state index contributed by atoms with van der Waals surface area (Å²) in [7, 11) is 1.53. The lowest BCUT2D eigenvalue weighted by molar-refractivity contribution is 0.100. The van der Waals surface area contributed by atoms with Crippen LogP contribution in [0.25, 0.3) is 10.9 Å². The fraction of sp³-hybridized carbons (Fsp3) is 0.273. The maximum atomic E-state index is 12.1. The molecule has 6 N–H and O–H groups in total. The number of alkyl halides is 1. The van der Waals surface area contributed by atoms with Crippen LogP contribution in [0.15, 0.2) is 36.5 Å². The van der Waals surface area contributed by atoms with Gasteiger partial charge in [-0.05, 0) is 29.7 Å². The van der Waals surface area contributed by atoms with E-state index in [4.69, 9.17) is 32.5 Å². The van der Waals surface area contributed by atoms with Crippen LogP contribution < -0.4 is 26.3 Å². The van der Waals surface area contributed by atoms with Crippen LogP contribution in [-0.2, 0) is 13.2 Å². The van der Waals surface area contributed by atoms with Gasteiger partial charge in [0.2, 0.25) is 0 Å². The molecule has 0 bridgehead atoms. The van der Waals surface area contributed by atoms with Crippen molar-refractivity contribution in [1.29, 1.82) is 0 Å². The third-order valence-corrected chi connectivity index (χ3v) is 5.13. The van der Waals surface area contributed by atoms with Crippen LogP contribution in [0.4, 0.5) is 11.4 Å². The Kier molecular flexibility index (Phi) is 7.51. The minimum atomic E-state index is -0.633. The van der Waals surface area contributed by atoms with Gasteiger partial charge in [-0.15, -0.1) is 11.6 Å². The number of benzene rings is 2. The van der Waals surface area contributed by atoms with Crippen LogP contribution >= 0.6 is 11.6 Å². The van der Waals surface area contributed by atoms with Crippen LogP contribution in [0.1, 0.15) is 27.9 Å². The van der Waals surface area contributed by atoms with Gasteiger partial charge < -0.3 is 31.4 Å². The number of hydrogen-bond donors (Lipinski definition) is 4. The average Bonchev–Trinajstić information content (AvgIpc) is 2.78. The molecular formula is C22H25ClN4O4. The molecule has 1 heterocycles. The molecule has 0 atom stereocenters. The molecule has 0 fully saturated rings. The fourth-order valence-corrected chi connectivity index (χ4v) is 3.42. The lowest BCUT2D eigenvalue weighted by Gasteiger charge is -2.18. The van der Waals surface area contributed by atoms with E-state index in [9.17, 15) is 9.90 Å². The summed E-state index contributed by atoms with van der Waals surface area (Å²) in [6.07, 6.45) is 2.10. The zero-order chi connectivity index (χ0) is 22.4. The molecule has 2 aromatic carbocycles. The smallest absolute Gasteiger partial charge is 0.252 e. The SMILES string of the molecule is COc1cc2c(Nc3cccc(CO)c3CN)c(C(N)=O)cnc2cc1OCCCCl. The van der Waals surface area contributed by atoms with E-state index in [1.807, 2.05) is 6.07 Å². The molecule has 0 saturated heterocycles. The second kappa shape index (κ2) is 10.3. The number of carbonyl (C=O) groups is 1. The van der Waals surface area contributed by atoms with Gasteiger partial charge in [0.15, 0.2) is 11.5 Å². The predicted molar refractivity (Wildman–Crippen MR) is 121 cm³/mol. The number of halogens is 1. The Bertz CT molecular complexity index is 1090. The largest absolute Gasteiger partial charge is 0.493 e. The Labute approximate surface area is 185 Å². The topological polar surface area (TPSA) is 133 Å². The summed E-state index contributed by atoms with van der Waals surface area (Å²) < 4.78 is 11.3. The Hall–Kier alpha value is -3.07. The van der Waals surface area contributed by atoms with Crippen molar-refractivity contribution in [3.05, 3.63) is 53.2 Å². The summed E-state index contributed by atoms with van der Waals surface area (Å²) in [5, 5.41) is 13.5. The van der Waals surface area contributed by atoms with Gasteiger partial charge in [0, 0.05) is 35.8 Å². The number of anilines is 2. The maximum absolute atomic E-state index is 12.1. The van der Waals surface area contributed by atoms with Gasteiger partial charge in [-0.2, -0.15) is 0 Å². The van der Waals surface area contributed by atoms with Crippen LogP contribution in [0.5, 0.6) is 11.5 Å². The maximum Gasteiger partial charge on any atom is 0.252 e. The number of rotatable bonds is 10. The molecule has 0 spiro atoms. The van der Waals surface area contributed by atoms with Gasteiger partial charge in [-0.3, -0.25) is 9.78 Å². The highest BCUT2D eigenvalue weighted by molar-refractivity contribution is 6.17. The minimum Gasteiger partial charge on any atom is -0.493 e. The van der Waals surface area contributed by atoms with E-state index in [2.05, 4.69) is 10.3 Å². The molecule has 8 nitrogen and oxygen atoms in total. The van der Waals surface area contributed by atoms with Crippen molar-refractivity contribution >= 4 is 39.8 Å². The zero-order valence-electron chi connectivity index (χ0n) is 17.2. The summed E-state index contributed by atoms with van der Waals surface area (Å²) in [5.74, 6) is 0.860. The second-order valence-electron chi connectivity index (χ2n) is 6.75. The number of aliphatic hydroxyl groups is 1. The highest BCUT2D eigenvalue weighted by atomic mass is 35.5. The van der Waals surface area contributed by atoms with E-state index in [0.29, 0.717) is 58.2 Å². The van der Waals surface area contributed by atoms with Crippen LogP contribution in [0, 0.1) is 0 Å². The van der Waals surface area contributed by atoms with E-state index < -0.39 is 5.91 Å². The van der Waals surface area contributed by atoms with Gasteiger partial charge >= 0.3 is 0 Å². The number of aromatic nitrogens is 1. The van der Waals surface area contributed by atoms with Gasteiger partial charge in [0.05, 0.1) is 37.1 Å². The third-order valence-electron chi connectivity index (χ3n) is 4.86. The van der Waals surface area contributed by atoms with Crippen molar-refractivity contribution in [3.63, 3.8) is 0 Å². The first-order valence-corrected chi connectivity index (χ1v) is 10.3. The fourth-order valence-electron chi connectivity index (χ4n) is 3.31. The van der Waals surface area contributed by atoms with Crippen molar-refractivity contribution in [3.8, 4) is 11.5 Å². The molecular weight excluding hydrogens is 420 g/mol. The van der Waals surface area contributed by atoms with Crippen molar-refractivity contribution in [1.82, 2.24) is 4.98 Å². The van der Waals surface area contributed by atoms with E-state index in [1.54, 1.807) is 24.3 Å². The lowest BCUT2D eigenvalue weighted by Crippen LogP contribution is -2.15. The van der Waals surface area contributed by atoms with E-state index in [1.165, 1.54) is 13.3 Å². The lowest BCUT2D eigenvalue weighted by atomic mass is 10.0. The number of fused-ring (bicyclic) bond motifs is 1. The minimum absolute atomic E-state index is 0.154. The van der Waals surface area contributed by atoms with Gasteiger partial charge in [-0.25, -0.2) is 0 Å². The van der Waals surface area contributed by atoms with Crippen LogP contribution in [0.3, 0.4) is 0 Å². The first kappa shape index (κ1) is 22.6. The first-order valence-electron chi connectivity index (χ1n) is 9.72. The second-order valence-corrected chi connectivity index (χ2v) is 7.13. The number of hydrogen-bond acceptors (Lipinski definition) is 7. The number of carbonyl (C=O) groups excluding carboxylic acids is 1. The number of nitrogens with zero attached hydrogens (tertiary/aromatic N) is 1. The Morgan fingerprint density at radius 3 is 2.74 bits per heavy atom. The summed E-state index contributed by atoms with van der Waals surface area (Å²) in [4.78, 5) is 16.5. The quantitative estimate of drug-likeness (QED) is 0.279. The highest BCUT2D eigenvalue weighted by Gasteiger charge is 2.18. The molecule has 0 aliphatic carbocycles. The monoisotopic (exact) mass is 444 g/mol. The number of amides is 1. The van der Waals surface area contributed by atoms with Gasteiger partial charge in [0.1, 0.15) is 0 Å². The molecule has 0 aliphatic heterocycles. The number of primary amides is 1. The summed E-state index contributed by atoms with van der Waals surface area (Å²) in [6, 6.07) is 8.89. The normalized spacial score (nSPS) is 10.8. The van der Waals surface area contributed by atoms with Crippen LogP contribution in [0.2, 0.25) is 0 Å². The summed E-state index contributed by atoms with van der Waals surface area (Å²) >= 11 is 5.73. The van der Waals surface area contributed by atoms with E-state index in [-0.39, 0.29) is 18.7 Å². The Morgan fingerprint density at radius 2 is 2.10 bits per heavy atom. The number of pyridine rings is 1. The molecule has 0 unspecified atom stereocenters. The molecule has 0 saturated carbocycles. The van der Waals surface area contributed by atoms with Crippen molar-refractivity contribution in [2.75, 3.05) is 24.9 Å². The number of nitrogens with one attached hydrogen (secondary N) is 1. The Morgan fingerprint density at radius 1 is 1.29 bits per heavy atom. The number of nitrogens with two attached hydrogens (primary N) is 2. The number of ether oxygens (including phenoxy) is 2. The highest BCUT2D eigenvalue weighted by Crippen LogP contribution is 2.38. The molecule has 1 amide bonds. The molecule has 9 heteroatoms. The van der Waals surface area contributed by atoms with Crippen LogP contribution in [-0.4, -0.2) is 35.6 Å². The van der Waals surface area contributed by atoms with E-state index in [0.717, 1.165) is 5.56 Å². The van der Waals surface area contributed by atoms with Crippen molar-refractivity contribution in [2.24, 2.45) is 11.5 Å². The summed E-state index contributed by atoms with van der Waals surface area (Å²) in [5.41, 5.74) is 14.9. The summed E-state index contributed by atoms with van der Waals surface area (Å²) in [6.45, 7) is 0.484. The standard InChI is InChI=1S/C22H25ClN4O4/c1-30-19-8-14-18(9-20(19)31-7-3-6-23)26-11-16(22(25)29)21(14)27-17-5-2-4-13(12-28)15(17)10-24/h2,4-5,8-9,11,28H,3,6-7,10,12,24H2,1H3,(H2,25,29)(H,26,27).